The van der Waals surface area contributed by atoms with E-state index in [2.05, 4.69) is 18.8 Å². The molecule has 1 heterocycles. The maximum atomic E-state index is 12.1. The number of carbonyl (C=O) groups excluding carboxylic acids is 1. The Balaban J connectivity index is 2.14. The van der Waals surface area contributed by atoms with Gasteiger partial charge in [-0.05, 0) is 26.2 Å². The third kappa shape index (κ3) is 2.54. The van der Waals surface area contributed by atoms with Crippen LogP contribution in [0.2, 0.25) is 4.34 Å². The largest absolute Gasteiger partial charge is 0.460 e. The van der Waals surface area contributed by atoms with Crippen molar-refractivity contribution in [3.8, 4) is 0 Å². The van der Waals surface area contributed by atoms with Crippen LogP contribution in [0.25, 0.3) is 0 Å². The number of ether oxygens (including phenoxy) is 1. The molecule has 0 aromatic carbocycles. The zero-order valence-corrected chi connectivity index (χ0v) is 12.9. The lowest BCUT2D eigenvalue weighted by atomic mass is 10.1. The van der Waals surface area contributed by atoms with E-state index in [1.54, 1.807) is 6.20 Å². The minimum absolute atomic E-state index is 0.0937. The lowest BCUT2D eigenvalue weighted by molar-refractivity contribution is -0.157. The van der Waals surface area contributed by atoms with Crippen LogP contribution >= 0.6 is 22.9 Å². The van der Waals surface area contributed by atoms with E-state index >= 15 is 0 Å². The molecule has 5 heteroatoms. The summed E-state index contributed by atoms with van der Waals surface area (Å²) in [5.74, 6) is -0.118. The van der Waals surface area contributed by atoms with E-state index in [0.717, 1.165) is 5.01 Å². The van der Waals surface area contributed by atoms with Gasteiger partial charge in [-0.25, -0.2) is 4.98 Å². The van der Waals surface area contributed by atoms with Gasteiger partial charge in [-0.1, -0.05) is 25.4 Å². The smallest absolute Gasteiger partial charge is 0.310 e. The molecule has 1 aliphatic carbocycles. The second kappa shape index (κ2) is 4.20. The minimum Gasteiger partial charge on any atom is -0.460 e. The Morgan fingerprint density at radius 1 is 1.50 bits per heavy atom. The SMILES string of the molecule is CC(C)(C)OC(=O)C1C(c2ncc(Cl)s2)C1(C)C. The quantitative estimate of drug-likeness (QED) is 0.775. The van der Waals surface area contributed by atoms with Crippen LogP contribution in [-0.4, -0.2) is 16.6 Å². The summed E-state index contributed by atoms with van der Waals surface area (Å²) >= 11 is 7.35. The highest BCUT2D eigenvalue weighted by molar-refractivity contribution is 7.15. The summed E-state index contributed by atoms with van der Waals surface area (Å²) in [6, 6.07) is 0. The Kier molecular flexibility index (Phi) is 3.23. The Morgan fingerprint density at radius 3 is 2.56 bits per heavy atom. The van der Waals surface area contributed by atoms with Gasteiger partial charge in [0.2, 0.25) is 0 Å². The molecular weight excluding hydrogens is 270 g/mol. The van der Waals surface area contributed by atoms with Crippen LogP contribution in [0.5, 0.6) is 0 Å². The molecule has 100 valence electrons. The summed E-state index contributed by atoms with van der Waals surface area (Å²) in [4.78, 5) is 16.4. The van der Waals surface area contributed by atoms with Gasteiger partial charge in [-0.2, -0.15) is 0 Å². The molecule has 1 aromatic heterocycles. The van der Waals surface area contributed by atoms with Gasteiger partial charge < -0.3 is 4.74 Å². The van der Waals surface area contributed by atoms with Crippen molar-refractivity contribution in [1.29, 1.82) is 0 Å². The average molecular weight is 288 g/mol. The van der Waals surface area contributed by atoms with Gasteiger partial charge in [0.05, 0.1) is 17.1 Å². The third-order valence-electron chi connectivity index (χ3n) is 3.25. The van der Waals surface area contributed by atoms with Crippen molar-refractivity contribution in [2.24, 2.45) is 11.3 Å². The molecule has 1 aromatic rings. The molecule has 0 radical (unpaired) electrons. The second-order valence-corrected chi connectivity index (χ2v) is 8.01. The van der Waals surface area contributed by atoms with E-state index in [-0.39, 0.29) is 23.2 Å². The summed E-state index contributed by atoms with van der Waals surface area (Å²) in [5.41, 5.74) is -0.537. The van der Waals surface area contributed by atoms with Crippen LogP contribution in [-0.2, 0) is 9.53 Å². The lowest BCUT2D eigenvalue weighted by Crippen LogP contribution is -2.26. The van der Waals surface area contributed by atoms with Crippen molar-refractivity contribution in [2.45, 2.75) is 46.1 Å². The molecule has 2 rings (SSSR count). The first-order chi connectivity index (χ1) is 8.13. The number of halogens is 1. The molecular formula is C13H18ClNO2S. The highest BCUT2D eigenvalue weighted by Crippen LogP contribution is 2.65. The number of nitrogens with zero attached hydrogens (tertiary/aromatic N) is 1. The number of hydrogen-bond acceptors (Lipinski definition) is 4. The molecule has 0 saturated heterocycles. The number of rotatable bonds is 2. The van der Waals surface area contributed by atoms with Crippen LogP contribution in [0, 0.1) is 11.3 Å². The van der Waals surface area contributed by atoms with Gasteiger partial charge >= 0.3 is 5.97 Å². The molecule has 0 spiro atoms. The predicted molar refractivity (Wildman–Crippen MR) is 73.0 cm³/mol. The van der Waals surface area contributed by atoms with Gasteiger partial charge in [-0.3, -0.25) is 4.79 Å². The number of hydrogen-bond donors (Lipinski definition) is 0. The molecule has 2 unspecified atom stereocenters. The first kappa shape index (κ1) is 13.8. The molecule has 0 bridgehead atoms. The van der Waals surface area contributed by atoms with E-state index in [0.29, 0.717) is 4.34 Å². The van der Waals surface area contributed by atoms with Crippen molar-refractivity contribution < 1.29 is 9.53 Å². The number of carbonyl (C=O) groups is 1. The topological polar surface area (TPSA) is 39.2 Å². The fourth-order valence-corrected chi connectivity index (χ4v) is 3.58. The monoisotopic (exact) mass is 287 g/mol. The van der Waals surface area contributed by atoms with Crippen molar-refractivity contribution in [3.05, 3.63) is 15.5 Å². The lowest BCUT2D eigenvalue weighted by Gasteiger charge is -2.19. The Hall–Kier alpha value is -0.610. The van der Waals surface area contributed by atoms with E-state index in [1.165, 1.54) is 11.3 Å². The first-order valence-corrected chi connectivity index (χ1v) is 7.16. The van der Waals surface area contributed by atoms with Gasteiger partial charge in [0.1, 0.15) is 9.94 Å². The molecule has 3 nitrogen and oxygen atoms in total. The summed E-state index contributed by atoms with van der Waals surface area (Å²) in [6.07, 6.45) is 1.64. The average Bonchev–Trinajstić information content (AvgIpc) is 2.51. The summed E-state index contributed by atoms with van der Waals surface area (Å²) < 4.78 is 6.12. The van der Waals surface area contributed by atoms with E-state index in [1.807, 2.05) is 20.8 Å². The molecule has 2 atom stereocenters. The second-order valence-electron chi connectivity index (χ2n) is 6.31. The third-order valence-corrected chi connectivity index (χ3v) is 4.45. The van der Waals surface area contributed by atoms with Gasteiger partial charge in [0, 0.05) is 5.92 Å². The number of esters is 1. The Bertz CT molecular complexity index is 476. The Morgan fingerprint density at radius 2 is 2.11 bits per heavy atom. The normalized spacial score (nSPS) is 25.9. The van der Waals surface area contributed by atoms with Crippen molar-refractivity contribution in [3.63, 3.8) is 0 Å². The van der Waals surface area contributed by atoms with Gasteiger partial charge in [0.25, 0.3) is 0 Å². The summed E-state index contributed by atoms with van der Waals surface area (Å²) in [7, 11) is 0. The summed E-state index contributed by atoms with van der Waals surface area (Å²) in [6.45, 7) is 9.80. The number of thiazole rings is 1. The van der Waals surface area contributed by atoms with E-state index < -0.39 is 5.60 Å². The molecule has 1 saturated carbocycles. The zero-order valence-electron chi connectivity index (χ0n) is 11.3. The Labute approximate surface area is 117 Å². The maximum Gasteiger partial charge on any atom is 0.310 e. The van der Waals surface area contributed by atoms with Gasteiger partial charge in [-0.15, -0.1) is 11.3 Å². The van der Waals surface area contributed by atoms with E-state index in [4.69, 9.17) is 16.3 Å². The predicted octanol–water partition coefficient (Wildman–Crippen LogP) is 3.88. The van der Waals surface area contributed by atoms with E-state index in [9.17, 15) is 4.79 Å². The fourth-order valence-electron chi connectivity index (χ4n) is 2.31. The molecule has 0 aliphatic heterocycles. The van der Waals surface area contributed by atoms with Gasteiger partial charge in [0.15, 0.2) is 0 Å². The molecule has 1 aliphatic rings. The van der Waals surface area contributed by atoms with Crippen molar-refractivity contribution in [1.82, 2.24) is 4.98 Å². The van der Waals surface area contributed by atoms with Crippen LogP contribution in [0.1, 0.15) is 45.5 Å². The zero-order chi connectivity index (χ0) is 13.7. The highest BCUT2D eigenvalue weighted by atomic mass is 35.5. The van der Waals surface area contributed by atoms with Crippen LogP contribution in [0.15, 0.2) is 6.20 Å². The molecule has 18 heavy (non-hydrogen) atoms. The first-order valence-electron chi connectivity index (χ1n) is 5.97. The molecule has 1 fully saturated rings. The maximum absolute atomic E-state index is 12.1. The van der Waals surface area contributed by atoms with Crippen LogP contribution in [0.3, 0.4) is 0 Å². The van der Waals surface area contributed by atoms with Crippen molar-refractivity contribution >= 4 is 28.9 Å². The standard InChI is InChI=1S/C13H18ClNO2S/c1-12(2,3)17-11(16)9-8(13(9,4)5)10-15-6-7(14)18-10/h6,8-9H,1-5H3. The summed E-state index contributed by atoms with van der Waals surface area (Å²) in [5, 5.41) is 0.931. The number of aromatic nitrogens is 1. The molecule has 0 N–H and O–H groups in total. The highest BCUT2D eigenvalue weighted by Gasteiger charge is 2.65. The van der Waals surface area contributed by atoms with Crippen molar-refractivity contribution in [2.75, 3.05) is 0 Å². The minimum atomic E-state index is -0.444. The van der Waals surface area contributed by atoms with Crippen LogP contribution in [0.4, 0.5) is 0 Å². The van der Waals surface area contributed by atoms with Crippen LogP contribution < -0.4 is 0 Å². The molecule has 0 amide bonds. The fraction of sp³-hybridized carbons (Fsp3) is 0.692.